The second-order valence-electron chi connectivity index (χ2n) is 5.18. The van der Waals surface area contributed by atoms with E-state index in [9.17, 15) is 13.2 Å². The van der Waals surface area contributed by atoms with Crippen molar-refractivity contribution in [1.82, 2.24) is 5.43 Å². The number of carbonyl (C=O) groups is 1. The predicted octanol–water partition coefficient (Wildman–Crippen LogP) is 3.56. The second kappa shape index (κ2) is 8.73. The molecule has 2 aromatic carbocycles. The number of rotatable bonds is 6. The number of halogens is 3. The average Bonchev–Trinajstić information content (AvgIpc) is 2.56. The van der Waals surface area contributed by atoms with Gasteiger partial charge in [-0.1, -0.05) is 53.0 Å². The van der Waals surface area contributed by atoms with Gasteiger partial charge in [0.2, 0.25) is 10.0 Å². The van der Waals surface area contributed by atoms with E-state index < -0.39 is 22.5 Å². The highest BCUT2D eigenvalue weighted by Crippen LogP contribution is 2.30. The molecule has 0 spiro atoms. The number of benzene rings is 2. The fourth-order valence-electron chi connectivity index (χ4n) is 1.98. The SMILES string of the molecule is CS(=O)(=O)N(CC(=O)N/N=C\c1ccccc1Cl)c1cc(Cl)ccc1Cl. The van der Waals surface area contributed by atoms with E-state index in [1.807, 2.05) is 0 Å². The Kier molecular flexibility index (Phi) is 6.88. The quantitative estimate of drug-likeness (QED) is 0.558. The molecule has 0 fully saturated rings. The van der Waals surface area contributed by atoms with Crippen LogP contribution in [0.5, 0.6) is 0 Å². The van der Waals surface area contributed by atoms with Crippen molar-refractivity contribution in [3.05, 3.63) is 63.1 Å². The Hall–Kier alpha value is -1.80. The van der Waals surface area contributed by atoms with E-state index in [1.54, 1.807) is 24.3 Å². The van der Waals surface area contributed by atoms with Gasteiger partial charge in [0.15, 0.2) is 0 Å². The molecule has 0 bridgehead atoms. The smallest absolute Gasteiger partial charge is 0.260 e. The maximum atomic E-state index is 12.1. The Morgan fingerprint density at radius 3 is 2.50 bits per heavy atom. The molecule has 26 heavy (non-hydrogen) atoms. The molecule has 0 atom stereocenters. The lowest BCUT2D eigenvalue weighted by molar-refractivity contribution is -0.119. The second-order valence-corrected chi connectivity index (χ2v) is 8.34. The first-order valence-corrected chi connectivity index (χ1v) is 10.2. The van der Waals surface area contributed by atoms with Gasteiger partial charge in [0.05, 0.1) is 23.2 Å². The molecule has 0 saturated carbocycles. The highest BCUT2D eigenvalue weighted by molar-refractivity contribution is 7.92. The monoisotopic (exact) mass is 433 g/mol. The van der Waals surface area contributed by atoms with Gasteiger partial charge in [-0.05, 0) is 24.3 Å². The summed E-state index contributed by atoms with van der Waals surface area (Å²) in [7, 11) is -3.78. The summed E-state index contributed by atoms with van der Waals surface area (Å²) >= 11 is 17.9. The van der Waals surface area contributed by atoms with Gasteiger partial charge in [0.25, 0.3) is 5.91 Å². The van der Waals surface area contributed by atoms with Crippen LogP contribution in [0.4, 0.5) is 5.69 Å². The average molecular weight is 435 g/mol. The van der Waals surface area contributed by atoms with Crippen LogP contribution in [0.3, 0.4) is 0 Å². The first-order chi connectivity index (χ1) is 12.2. The lowest BCUT2D eigenvalue weighted by atomic mass is 10.2. The number of hydrazone groups is 1. The van der Waals surface area contributed by atoms with Crippen molar-refractivity contribution in [3.63, 3.8) is 0 Å². The van der Waals surface area contributed by atoms with Crippen molar-refractivity contribution in [3.8, 4) is 0 Å². The fraction of sp³-hybridized carbons (Fsp3) is 0.125. The molecule has 0 saturated heterocycles. The van der Waals surface area contributed by atoms with Crippen LogP contribution in [0.1, 0.15) is 5.56 Å². The molecule has 2 rings (SSSR count). The lowest BCUT2D eigenvalue weighted by Crippen LogP contribution is -2.39. The van der Waals surface area contributed by atoms with Crippen LogP contribution in [-0.4, -0.2) is 33.3 Å². The number of carbonyl (C=O) groups excluding carboxylic acids is 1. The molecule has 10 heteroatoms. The minimum absolute atomic E-state index is 0.104. The van der Waals surface area contributed by atoms with Crippen LogP contribution in [0, 0.1) is 0 Å². The number of anilines is 1. The van der Waals surface area contributed by atoms with Crippen molar-refractivity contribution in [1.29, 1.82) is 0 Å². The van der Waals surface area contributed by atoms with Crippen LogP contribution >= 0.6 is 34.8 Å². The molecule has 2 aromatic rings. The van der Waals surface area contributed by atoms with Gasteiger partial charge < -0.3 is 0 Å². The third-order valence-electron chi connectivity index (χ3n) is 3.16. The van der Waals surface area contributed by atoms with Gasteiger partial charge in [-0.25, -0.2) is 13.8 Å². The molecular weight excluding hydrogens is 421 g/mol. The van der Waals surface area contributed by atoms with Gasteiger partial charge in [0.1, 0.15) is 6.54 Å². The normalized spacial score (nSPS) is 11.5. The van der Waals surface area contributed by atoms with E-state index in [1.165, 1.54) is 24.4 Å². The van der Waals surface area contributed by atoms with E-state index in [-0.39, 0.29) is 15.7 Å². The van der Waals surface area contributed by atoms with Gasteiger partial charge in [0, 0.05) is 15.6 Å². The third-order valence-corrected chi connectivity index (χ3v) is 5.19. The Bertz CT molecular complexity index is 949. The van der Waals surface area contributed by atoms with Crippen molar-refractivity contribution in [2.24, 2.45) is 5.10 Å². The maximum absolute atomic E-state index is 12.1. The number of sulfonamides is 1. The highest BCUT2D eigenvalue weighted by Gasteiger charge is 2.23. The summed E-state index contributed by atoms with van der Waals surface area (Å²) in [5, 5.41) is 4.68. The van der Waals surface area contributed by atoms with Crippen LogP contribution in [-0.2, 0) is 14.8 Å². The molecule has 0 aliphatic carbocycles. The molecule has 0 heterocycles. The number of hydrogen-bond donors (Lipinski definition) is 1. The molecular formula is C16H14Cl3N3O3S. The number of amides is 1. The van der Waals surface area contributed by atoms with Crippen molar-refractivity contribution in [2.75, 3.05) is 17.1 Å². The number of hydrogen-bond acceptors (Lipinski definition) is 4. The van der Waals surface area contributed by atoms with E-state index in [0.717, 1.165) is 10.6 Å². The van der Waals surface area contributed by atoms with E-state index in [2.05, 4.69) is 10.5 Å². The fourth-order valence-corrected chi connectivity index (χ4v) is 3.46. The largest absolute Gasteiger partial charge is 0.271 e. The minimum Gasteiger partial charge on any atom is -0.271 e. The zero-order valence-corrected chi connectivity index (χ0v) is 16.6. The Morgan fingerprint density at radius 1 is 1.15 bits per heavy atom. The minimum atomic E-state index is -3.78. The van der Waals surface area contributed by atoms with Crippen LogP contribution in [0.25, 0.3) is 0 Å². The molecule has 0 aliphatic heterocycles. The molecule has 0 aliphatic rings. The van der Waals surface area contributed by atoms with Crippen molar-refractivity contribution < 1.29 is 13.2 Å². The first kappa shape index (κ1) is 20.5. The summed E-state index contributed by atoms with van der Waals surface area (Å²) < 4.78 is 25.0. The lowest BCUT2D eigenvalue weighted by Gasteiger charge is -2.22. The molecule has 0 radical (unpaired) electrons. The highest BCUT2D eigenvalue weighted by atomic mass is 35.5. The molecule has 6 nitrogen and oxygen atoms in total. The molecule has 138 valence electrons. The zero-order chi connectivity index (χ0) is 19.3. The van der Waals surface area contributed by atoms with E-state index in [4.69, 9.17) is 34.8 Å². The van der Waals surface area contributed by atoms with Gasteiger partial charge in [-0.15, -0.1) is 0 Å². The van der Waals surface area contributed by atoms with Gasteiger partial charge in [-0.2, -0.15) is 5.10 Å². The van der Waals surface area contributed by atoms with Gasteiger partial charge >= 0.3 is 0 Å². The zero-order valence-electron chi connectivity index (χ0n) is 13.5. The summed E-state index contributed by atoms with van der Waals surface area (Å²) in [5.41, 5.74) is 2.96. The number of nitrogens with zero attached hydrogens (tertiary/aromatic N) is 2. The summed E-state index contributed by atoms with van der Waals surface area (Å²) in [6, 6.07) is 11.3. The standard InChI is InChI=1S/C16H14Cl3N3O3S/c1-26(24,25)22(15-8-12(17)6-7-14(15)19)10-16(23)21-20-9-11-4-2-3-5-13(11)18/h2-9H,10H2,1H3,(H,21,23)/b20-9-. The van der Waals surface area contributed by atoms with Gasteiger partial charge in [-0.3, -0.25) is 9.10 Å². The summed E-state index contributed by atoms with van der Waals surface area (Å²) in [5.74, 6) is -0.658. The maximum Gasteiger partial charge on any atom is 0.260 e. The molecule has 0 aromatic heterocycles. The van der Waals surface area contributed by atoms with E-state index in [0.29, 0.717) is 10.6 Å². The Balaban J connectivity index is 2.15. The van der Waals surface area contributed by atoms with Crippen molar-refractivity contribution >= 4 is 62.6 Å². The molecule has 0 unspecified atom stereocenters. The third kappa shape index (κ3) is 5.60. The summed E-state index contributed by atoms with van der Waals surface area (Å²) in [6.07, 6.45) is 2.32. The molecule has 1 amide bonds. The van der Waals surface area contributed by atoms with Crippen molar-refractivity contribution in [2.45, 2.75) is 0 Å². The summed E-state index contributed by atoms with van der Waals surface area (Å²) in [4.78, 5) is 12.1. The van der Waals surface area contributed by atoms with E-state index >= 15 is 0 Å². The molecule has 1 N–H and O–H groups in total. The Labute approximate surface area is 166 Å². The van der Waals surface area contributed by atoms with Crippen LogP contribution < -0.4 is 9.73 Å². The summed E-state index contributed by atoms with van der Waals surface area (Å²) in [6.45, 7) is -0.515. The first-order valence-electron chi connectivity index (χ1n) is 7.17. The van der Waals surface area contributed by atoms with Crippen LogP contribution in [0.2, 0.25) is 15.1 Å². The Morgan fingerprint density at radius 2 is 1.85 bits per heavy atom. The predicted molar refractivity (Wildman–Crippen MR) is 106 cm³/mol. The topological polar surface area (TPSA) is 78.8 Å². The van der Waals surface area contributed by atoms with Crippen LogP contribution in [0.15, 0.2) is 47.6 Å². The number of nitrogens with one attached hydrogen (secondary N) is 1.